The van der Waals surface area contributed by atoms with E-state index < -0.39 is 5.97 Å². The minimum Gasteiger partial charge on any atom is -0.478 e. The van der Waals surface area contributed by atoms with Crippen LogP contribution in [0.1, 0.15) is 49.9 Å². The number of rotatable bonds is 3. The maximum absolute atomic E-state index is 11.1. The number of carboxylic acids is 1. The lowest BCUT2D eigenvalue weighted by Gasteiger charge is -2.39. The van der Waals surface area contributed by atoms with Crippen molar-refractivity contribution in [2.75, 3.05) is 5.32 Å². The third kappa shape index (κ3) is 3.18. The van der Waals surface area contributed by atoms with Crippen molar-refractivity contribution in [1.29, 1.82) is 0 Å². The van der Waals surface area contributed by atoms with Crippen LogP contribution < -0.4 is 5.32 Å². The first-order valence-corrected chi connectivity index (χ1v) is 6.93. The van der Waals surface area contributed by atoms with Crippen molar-refractivity contribution in [3.05, 3.63) is 22.8 Å². The van der Waals surface area contributed by atoms with Gasteiger partial charge < -0.3 is 10.4 Å². The molecule has 1 fully saturated rings. The average Bonchev–Trinajstić information content (AvgIpc) is 2.33. The molecule has 1 heterocycles. The molecule has 1 aliphatic carbocycles. The van der Waals surface area contributed by atoms with Gasteiger partial charge in [-0.3, -0.25) is 0 Å². The summed E-state index contributed by atoms with van der Waals surface area (Å²) in [7, 11) is 0. The summed E-state index contributed by atoms with van der Waals surface area (Å²) in [6, 6.07) is 1.83. The number of halogens is 1. The lowest BCUT2D eigenvalue weighted by atomic mass is 9.73. The number of nitrogens with one attached hydrogen (secondary N) is 1. The number of hydrogen-bond donors (Lipinski definition) is 2. The number of aromatic nitrogens is 1. The van der Waals surface area contributed by atoms with Gasteiger partial charge in [0.05, 0.1) is 10.6 Å². The summed E-state index contributed by atoms with van der Waals surface area (Å²) in [5.74, 6) is -0.444. The van der Waals surface area contributed by atoms with Gasteiger partial charge in [0.1, 0.15) is 5.82 Å². The monoisotopic (exact) mass is 282 g/mol. The molecule has 1 aromatic heterocycles. The molecule has 2 rings (SSSR count). The Morgan fingerprint density at radius 1 is 1.53 bits per heavy atom. The quantitative estimate of drug-likeness (QED) is 0.885. The van der Waals surface area contributed by atoms with E-state index in [4.69, 9.17) is 16.7 Å². The van der Waals surface area contributed by atoms with E-state index in [9.17, 15) is 4.79 Å². The third-order valence-electron chi connectivity index (χ3n) is 3.92. The zero-order valence-corrected chi connectivity index (χ0v) is 12.0. The molecule has 1 atom stereocenters. The molecule has 104 valence electrons. The van der Waals surface area contributed by atoms with Gasteiger partial charge in [0.2, 0.25) is 0 Å². The number of carbonyl (C=O) groups is 1. The van der Waals surface area contributed by atoms with Crippen molar-refractivity contribution in [1.82, 2.24) is 4.98 Å². The van der Waals surface area contributed by atoms with Crippen LogP contribution >= 0.6 is 11.6 Å². The minimum atomic E-state index is -1.03. The zero-order chi connectivity index (χ0) is 14.0. The number of carboxylic acid groups (broad SMARTS) is 1. The van der Waals surface area contributed by atoms with Crippen LogP contribution in [0.2, 0.25) is 5.02 Å². The van der Waals surface area contributed by atoms with Gasteiger partial charge in [-0.05, 0) is 24.3 Å². The highest BCUT2D eigenvalue weighted by Crippen LogP contribution is 2.37. The van der Waals surface area contributed by atoms with Crippen molar-refractivity contribution >= 4 is 23.4 Å². The van der Waals surface area contributed by atoms with Crippen molar-refractivity contribution in [3.63, 3.8) is 0 Å². The summed E-state index contributed by atoms with van der Waals surface area (Å²) < 4.78 is 0. The Bertz CT molecular complexity index is 488. The second-order valence-corrected chi connectivity index (χ2v) is 6.19. The summed E-state index contributed by atoms with van der Waals surface area (Å²) in [5.41, 5.74) is 0.288. The molecule has 0 aliphatic heterocycles. The summed E-state index contributed by atoms with van der Waals surface area (Å²) in [6.45, 7) is 4.47. The highest BCUT2D eigenvalue weighted by molar-refractivity contribution is 6.33. The van der Waals surface area contributed by atoms with Crippen molar-refractivity contribution in [2.45, 2.75) is 45.6 Å². The van der Waals surface area contributed by atoms with E-state index >= 15 is 0 Å². The van der Waals surface area contributed by atoms with Crippen LogP contribution in [0.25, 0.3) is 0 Å². The summed E-state index contributed by atoms with van der Waals surface area (Å²) >= 11 is 5.82. The fourth-order valence-corrected chi connectivity index (χ4v) is 2.81. The second-order valence-electron chi connectivity index (χ2n) is 5.79. The van der Waals surface area contributed by atoms with E-state index in [1.54, 1.807) is 0 Å². The minimum absolute atomic E-state index is 0.0905. The Kier molecular flexibility index (Phi) is 3.99. The first-order valence-electron chi connectivity index (χ1n) is 6.55. The molecule has 4 nitrogen and oxygen atoms in total. The largest absolute Gasteiger partial charge is 0.478 e. The summed E-state index contributed by atoms with van der Waals surface area (Å²) in [6.07, 6.45) is 6.09. The molecule has 0 saturated heterocycles. The Labute approximate surface area is 118 Å². The van der Waals surface area contributed by atoms with Crippen LogP contribution in [0.5, 0.6) is 0 Å². The molecule has 1 aliphatic rings. The van der Waals surface area contributed by atoms with Gasteiger partial charge in [0, 0.05) is 12.2 Å². The van der Waals surface area contributed by atoms with Gasteiger partial charge in [-0.25, -0.2) is 9.78 Å². The summed E-state index contributed by atoms with van der Waals surface area (Å²) in [5, 5.41) is 12.6. The second kappa shape index (κ2) is 5.37. The van der Waals surface area contributed by atoms with Gasteiger partial charge >= 0.3 is 5.97 Å². The molecule has 0 aromatic carbocycles. The van der Waals surface area contributed by atoms with Crippen molar-refractivity contribution < 1.29 is 9.90 Å². The number of aromatic carboxylic acids is 1. The molecule has 1 unspecified atom stereocenters. The molecule has 0 amide bonds. The maximum Gasteiger partial charge on any atom is 0.337 e. The molecule has 5 heteroatoms. The Hall–Kier alpha value is -1.29. The van der Waals surface area contributed by atoms with E-state index in [1.807, 2.05) is 0 Å². The predicted molar refractivity (Wildman–Crippen MR) is 75.9 cm³/mol. The molecular weight excluding hydrogens is 264 g/mol. The Morgan fingerprint density at radius 2 is 2.26 bits per heavy atom. The van der Waals surface area contributed by atoms with Gasteiger partial charge in [0.15, 0.2) is 0 Å². The summed E-state index contributed by atoms with van der Waals surface area (Å²) in [4.78, 5) is 15.2. The van der Waals surface area contributed by atoms with Crippen LogP contribution in [0.4, 0.5) is 5.82 Å². The zero-order valence-electron chi connectivity index (χ0n) is 11.2. The SMILES string of the molecule is CC1(C)CCCCC1Nc1cc(C(=O)O)c(Cl)cn1. The number of anilines is 1. The van der Waals surface area contributed by atoms with E-state index in [1.165, 1.54) is 31.5 Å². The van der Waals surface area contributed by atoms with E-state index in [0.29, 0.717) is 11.9 Å². The predicted octanol–water partition coefficient (Wildman–Crippen LogP) is 3.81. The molecule has 1 aromatic rings. The molecule has 0 bridgehead atoms. The van der Waals surface area contributed by atoms with Crippen LogP contribution in [0.15, 0.2) is 12.3 Å². The number of nitrogens with zero attached hydrogens (tertiary/aromatic N) is 1. The van der Waals surface area contributed by atoms with Gasteiger partial charge in [-0.2, -0.15) is 0 Å². The highest BCUT2D eigenvalue weighted by Gasteiger charge is 2.32. The average molecular weight is 283 g/mol. The van der Waals surface area contributed by atoms with E-state index in [0.717, 1.165) is 6.42 Å². The fourth-order valence-electron chi connectivity index (χ4n) is 2.62. The van der Waals surface area contributed by atoms with Gasteiger partial charge in [-0.15, -0.1) is 0 Å². The molecule has 19 heavy (non-hydrogen) atoms. The normalized spacial score (nSPS) is 21.9. The first kappa shape index (κ1) is 14.1. The molecule has 1 saturated carbocycles. The number of pyridine rings is 1. The smallest absolute Gasteiger partial charge is 0.337 e. The topological polar surface area (TPSA) is 62.2 Å². The van der Waals surface area contributed by atoms with Crippen LogP contribution in [0, 0.1) is 5.41 Å². The van der Waals surface area contributed by atoms with E-state index in [2.05, 4.69) is 24.1 Å². The fraction of sp³-hybridized carbons (Fsp3) is 0.571. The van der Waals surface area contributed by atoms with Crippen LogP contribution in [-0.4, -0.2) is 22.1 Å². The van der Waals surface area contributed by atoms with Gasteiger partial charge in [-0.1, -0.05) is 38.3 Å². The lowest BCUT2D eigenvalue weighted by Crippen LogP contribution is -2.39. The van der Waals surface area contributed by atoms with E-state index in [-0.39, 0.29) is 16.0 Å². The standard InChI is InChI=1S/C14H19ClN2O2/c1-14(2)6-4-3-5-11(14)17-12-7-9(13(18)19)10(15)8-16-12/h7-8,11H,3-6H2,1-2H3,(H,16,17)(H,18,19). The molecule has 2 N–H and O–H groups in total. The van der Waals surface area contributed by atoms with Crippen LogP contribution in [0.3, 0.4) is 0 Å². The Morgan fingerprint density at radius 3 is 2.89 bits per heavy atom. The van der Waals surface area contributed by atoms with Crippen LogP contribution in [-0.2, 0) is 0 Å². The van der Waals surface area contributed by atoms with Crippen molar-refractivity contribution in [2.24, 2.45) is 5.41 Å². The van der Waals surface area contributed by atoms with Gasteiger partial charge in [0.25, 0.3) is 0 Å². The molecular formula is C14H19ClN2O2. The van der Waals surface area contributed by atoms with Crippen molar-refractivity contribution in [3.8, 4) is 0 Å². The lowest BCUT2D eigenvalue weighted by molar-refractivity contribution is 0.0697. The maximum atomic E-state index is 11.1. The highest BCUT2D eigenvalue weighted by atomic mass is 35.5. The number of hydrogen-bond acceptors (Lipinski definition) is 3. The molecule has 0 spiro atoms. The third-order valence-corrected chi connectivity index (χ3v) is 4.22. The molecule has 0 radical (unpaired) electrons. The first-order chi connectivity index (χ1) is 8.90. The Balaban J connectivity index is 2.19.